The fourth-order valence-electron chi connectivity index (χ4n) is 3.69. The van der Waals surface area contributed by atoms with Crippen LogP contribution < -0.4 is 5.32 Å². The number of nitrogens with one attached hydrogen (secondary N) is 1. The van der Waals surface area contributed by atoms with Crippen LogP contribution in [0.1, 0.15) is 51.7 Å². The summed E-state index contributed by atoms with van der Waals surface area (Å²) >= 11 is 2.10. The largest absolute Gasteiger partial charge is 0.357 e. The lowest BCUT2D eigenvalue weighted by atomic mass is 10.1. The van der Waals surface area contributed by atoms with Gasteiger partial charge in [-0.3, -0.25) is 4.99 Å². The molecule has 146 valence electrons. The number of aliphatic imine (C=N–C) groups is 1. The Labute approximate surface area is 162 Å². The molecule has 0 aliphatic carbocycles. The van der Waals surface area contributed by atoms with Gasteiger partial charge in [0.25, 0.3) is 0 Å². The number of thioether (sulfide) groups is 1. The van der Waals surface area contributed by atoms with Gasteiger partial charge in [-0.15, -0.1) is 10.2 Å². The van der Waals surface area contributed by atoms with Crippen molar-refractivity contribution in [3.05, 3.63) is 11.6 Å². The fraction of sp³-hybridized carbons (Fsp3) is 0.842. The summed E-state index contributed by atoms with van der Waals surface area (Å²) in [5, 5.41) is 13.0. The summed E-state index contributed by atoms with van der Waals surface area (Å²) in [5.74, 6) is 5.23. The molecule has 0 aromatic carbocycles. The molecule has 1 N–H and O–H groups in total. The van der Waals surface area contributed by atoms with Crippen molar-refractivity contribution in [3.63, 3.8) is 0 Å². The standard InChI is InChI=1S/C19H34N6S/c1-4-20-19(24-12-13-26-16(14-24)15(2)3)21-10-9-18-23-22-17-8-6-5-7-11-25(17)18/h15-16H,4-14H2,1-3H3,(H,20,21). The van der Waals surface area contributed by atoms with Crippen LogP contribution in [0.3, 0.4) is 0 Å². The first-order valence-corrected chi connectivity index (χ1v) is 11.3. The van der Waals surface area contributed by atoms with Gasteiger partial charge in [-0.2, -0.15) is 11.8 Å². The van der Waals surface area contributed by atoms with Crippen LogP contribution in [0.25, 0.3) is 0 Å². The first-order chi connectivity index (χ1) is 12.7. The molecule has 0 saturated carbocycles. The smallest absolute Gasteiger partial charge is 0.193 e. The van der Waals surface area contributed by atoms with Gasteiger partial charge in [-0.1, -0.05) is 20.3 Å². The Bertz CT molecular complexity index is 597. The van der Waals surface area contributed by atoms with Crippen LogP contribution in [0, 0.1) is 5.92 Å². The van der Waals surface area contributed by atoms with E-state index in [1.54, 1.807) is 0 Å². The monoisotopic (exact) mass is 378 g/mol. The second-order valence-corrected chi connectivity index (χ2v) is 8.93. The van der Waals surface area contributed by atoms with Crippen molar-refractivity contribution in [3.8, 4) is 0 Å². The van der Waals surface area contributed by atoms with Crippen LogP contribution in [-0.4, -0.2) is 62.8 Å². The summed E-state index contributed by atoms with van der Waals surface area (Å²) in [6, 6.07) is 0. The Morgan fingerprint density at radius 3 is 2.96 bits per heavy atom. The van der Waals surface area contributed by atoms with E-state index in [2.05, 4.69) is 57.5 Å². The SMILES string of the molecule is CCNC(=NCCc1nnc2n1CCCCC2)N1CCSC(C(C)C)C1. The van der Waals surface area contributed by atoms with Crippen LogP contribution >= 0.6 is 11.8 Å². The quantitative estimate of drug-likeness (QED) is 0.630. The van der Waals surface area contributed by atoms with Crippen LogP contribution in [0.4, 0.5) is 0 Å². The van der Waals surface area contributed by atoms with Crippen molar-refractivity contribution in [1.82, 2.24) is 25.0 Å². The molecule has 0 bridgehead atoms. The van der Waals surface area contributed by atoms with Crippen LogP contribution in [0.15, 0.2) is 4.99 Å². The van der Waals surface area contributed by atoms with E-state index in [1.807, 2.05) is 0 Å². The highest BCUT2D eigenvalue weighted by Crippen LogP contribution is 2.24. The van der Waals surface area contributed by atoms with Gasteiger partial charge in [0.15, 0.2) is 5.96 Å². The van der Waals surface area contributed by atoms with E-state index in [0.717, 1.165) is 57.3 Å². The lowest BCUT2D eigenvalue weighted by Gasteiger charge is -2.36. The first-order valence-electron chi connectivity index (χ1n) is 10.2. The zero-order valence-corrected chi connectivity index (χ0v) is 17.4. The zero-order valence-electron chi connectivity index (χ0n) is 16.6. The number of aromatic nitrogens is 3. The number of hydrogen-bond donors (Lipinski definition) is 1. The van der Waals surface area contributed by atoms with E-state index in [0.29, 0.717) is 11.2 Å². The Balaban J connectivity index is 1.62. The molecule has 6 nitrogen and oxygen atoms in total. The maximum Gasteiger partial charge on any atom is 0.193 e. The minimum atomic E-state index is 0.694. The molecule has 0 amide bonds. The summed E-state index contributed by atoms with van der Waals surface area (Å²) in [7, 11) is 0. The summed E-state index contributed by atoms with van der Waals surface area (Å²) in [4.78, 5) is 7.36. The average Bonchev–Trinajstić information content (AvgIpc) is 2.87. The molecular weight excluding hydrogens is 344 g/mol. The predicted octanol–water partition coefficient (Wildman–Crippen LogP) is 2.59. The Hall–Kier alpha value is -1.24. The van der Waals surface area contributed by atoms with Crippen molar-refractivity contribution < 1.29 is 0 Å². The topological polar surface area (TPSA) is 58.3 Å². The highest BCUT2D eigenvalue weighted by molar-refractivity contribution is 8.00. The predicted molar refractivity (Wildman–Crippen MR) is 110 cm³/mol. The lowest BCUT2D eigenvalue weighted by Crippen LogP contribution is -2.49. The van der Waals surface area contributed by atoms with E-state index in [1.165, 1.54) is 30.8 Å². The van der Waals surface area contributed by atoms with Gasteiger partial charge in [0.1, 0.15) is 11.6 Å². The van der Waals surface area contributed by atoms with Crippen molar-refractivity contribution in [2.75, 3.05) is 31.9 Å². The molecule has 1 aromatic heterocycles. The second-order valence-electron chi connectivity index (χ2n) is 7.58. The highest BCUT2D eigenvalue weighted by atomic mass is 32.2. The number of fused-ring (bicyclic) bond motifs is 1. The Morgan fingerprint density at radius 2 is 2.15 bits per heavy atom. The molecule has 3 rings (SSSR count). The summed E-state index contributed by atoms with van der Waals surface area (Å²) in [6.07, 6.45) is 5.73. The summed E-state index contributed by atoms with van der Waals surface area (Å²) in [6.45, 7) is 11.7. The van der Waals surface area contributed by atoms with E-state index < -0.39 is 0 Å². The minimum Gasteiger partial charge on any atom is -0.357 e. The van der Waals surface area contributed by atoms with Crippen LogP contribution in [-0.2, 0) is 19.4 Å². The molecule has 1 fully saturated rings. The summed E-state index contributed by atoms with van der Waals surface area (Å²) in [5.41, 5.74) is 0. The fourth-order valence-corrected chi connectivity index (χ4v) is 4.99. The molecule has 1 saturated heterocycles. The summed E-state index contributed by atoms with van der Waals surface area (Å²) < 4.78 is 2.34. The maximum atomic E-state index is 4.92. The van der Waals surface area contributed by atoms with E-state index in [-0.39, 0.29) is 0 Å². The molecule has 2 aliphatic heterocycles. The van der Waals surface area contributed by atoms with Gasteiger partial charge in [0.05, 0.1) is 0 Å². The number of rotatable bonds is 5. The molecule has 1 aromatic rings. The normalized spacial score (nSPS) is 21.6. The third-order valence-corrected chi connectivity index (χ3v) is 6.79. The second kappa shape index (κ2) is 9.62. The van der Waals surface area contributed by atoms with Gasteiger partial charge < -0.3 is 14.8 Å². The van der Waals surface area contributed by atoms with Gasteiger partial charge in [-0.05, 0) is 25.7 Å². The van der Waals surface area contributed by atoms with Crippen LogP contribution in [0.5, 0.6) is 0 Å². The minimum absolute atomic E-state index is 0.694. The first kappa shape index (κ1) is 19.5. The van der Waals surface area contributed by atoms with E-state index in [9.17, 15) is 0 Å². The molecule has 1 atom stereocenters. The molecule has 26 heavy (non-hydrogen) atoms. The Morgan fingerprint density at radius 1 is 1.27 bits per heavy atom. The third kappa shape index (κ3) is 4.93. The zero-order chi connectivity index (χ0) is 18.4. The highest BCUT2D eigenvalue weighted by Gasteiger charge is 2.24. The van der Waals surface area contributed by atoms with E-state index >= 15 is 0 Å². The maximum absolute atomic E-state index is 4.92. The number of nitrogens with zero attached hydrogens (tertiary/aromatic N) is 5. The molecule has 1 unspecified atom stereocenters. The third-order valence-electron chi connectivity index (χ3n) is 5.25. The number of guanidine groups is 1. The number of aryl methyl sites for hydroxylation is 1. The van der Waals surface area contributed by atoms with Crippen molar-refractivity contribution in [1.29, 1.82) is 0 Å². The van der Waals surface area contributed by atoms with Gasteiger partial charge in [0.2, 0.25) is 0 Å². The molecule has 0 radical (unpaired) electrons. The van der Waals surface area contributed by atoms with Gasteiger partial charge >= 0.3 is 0 Å². The van der Waals surface area contributed by atoms with Crippen molar-refractivity contribution in [2.45, 2.75) is 64.7 Å². The van der Waals surface area contributed by atoms with Gasteiger partial charge in [-0.25, -0.2) is 0 Å². The van der Waals surface area contributed by atoms with E-state index in [4.69, 9.17) is 4.99 Å². The molecule has 0 spiro atoms. The molecular formula is C19H34N6S. The molecule has 7 heteroatoms. The molecule has 2 aliphatic rings. The molecule has 3 heterocycles. The van der Waals surface area contributed by atoms with Gasteiger partial charge in [0, 0.05) is 56.6 Å². The van der Waals surface area contributed by atoms with Crippen molar-refractivity contribution >= 4 is 17.7 Å². The Kier molecular flexibility index (Phi) is 7.23. The lowest BCUT2D eigenvalue weighted by molar-refractivity contribution is 0.381. The average molecular weight is 379 g/mol. The number of hydrogen-bond acceptors (Lipinski definition) is 4. The van der Waals surface area contributed by atoms with Crippen molar-refractivity contribution in [2.24, 2.45) is 10.9 Å². The van der Waals surface area contributed by atoms with Crippen LogP contribution in [0.2, 0.25) is 0 Å².